The molecule has 0 radical (unpaired) electrons. The third kappa shape index (κ3) is 6.53. The average molecular weight is 442 g/mol. The monoisotopic (exact) mass is 441 g/mol. The molecule has 4 rings (SSSR count). The molecule has 2 N–H and O–H groups in total. The lowest BCUT2D eigenvalue weighted by Gasteiger charge is -2.26. The van der Waals surface area contributed by atoms with E-state index in [1.165, 1.54) is 43.5 Å². The van der Waals surface area contributed by atoms with Crippen molar-refractivity contribution in [3.8, 4) is 0 Å². The molecule has 0 aromatic heterocycles. The SMILES string of the molecule is Cc1ccc(C)c(NC(=O)[C@H](NCc2ccc(CN3CCCCC3)cc2)c2ccccc2)c1. The van der Waals surface area contributed by atoms with Crippen molar-refractivity contribution < 1.29 is 4.79 Å². The van der Waals surface area contributed by atoms with Gasteiger partial charge in [-0.2, -0.15) is 0 Å². The van der Waals surface area contributed by atoms with Crippen LogP contribution in [0.1, 0.15) is 53.1 Å². The summed E-state index contributed by atoms with van der Waals surface area (Å²) >= 11 is 0. The summed E-state index contributed by atoms with van der Waals surface area (Å²) in [6, 6.07) is 24.4. The predicted octanol–water partition coefficient (Wildman–Crippen LogP) is 5.76. The molecule has 1 saturated heterocycles. The van der Waals surface area contributed by atoms with Gasteiger partial charge in [-0.15, -0.1) is 0 Å². The van der Waals surface area contributed by atoms with Crippen molar-refractivity contribution in [1.82, 2.24) is 10.2 Å². The number of anilines is 1. The highest BCUT2D eigenvalue weighted by atomic mass is 16.2. The number of nitrogens with one attached hydrogen (secondary N) is 2. The zero-order valence-corrected chi connectivity index (χ0v) is 19.8. The standard InChI is InChI=1S/C29H35N3O/c1-22-11-12-23(2)27(19-22)31-29(33)28(26-9-5-3-6-10-26)30-20-24-13-15-25(16-14-24)21-32-17-7-4-8-18-32/h3,5-6,9-16,19,28,30H,4,7-8,17-18,20-21H2,1-2H3,(H,31,33)/t28-/m1/s1. The maximum atomic E-state index is 13.3. The van der Waals surface area contributed by atoms with Crippen LogP contribution in [0.2, 0.25) is 0 Å². The van der Waals surface area contributed by atoms with E-state index in [0.29, 0.717) is 6.54 Å². The first-order valence-corrected chi connectivity index (χ1v) is 12.0. The number of benzene rings is 3. The number of carbonyl (C=O) groups excluding carboxylic acids is 1. The van der Waals surface area contributed by atoms with Crippen LogP contribution in [0, 0.1) is 13.8 Å². The van der Waals surface area contributed by atoms with E-state index < -0.39 is 6.04 Å². The van der Waals surface area contributed by atoms with E-state index in [2.05, 4.69) is 45.9 Å². The Balaban J connectivity index is 1.42. The van der Waals surface area contributed by atoms with E-state index in [9.17, 15) is 4.79 Å². The summed E-state index contributed by atoms with van der Waals surface area (Å²) in [6.45, 7) is 8.12. The minimum absolute atomic E-state index is 0.0448. The number of amides is 1. The van der Waals surface area contributed by atoms with Gasteiger partial charge in [0.15, 0.2) is 0 Å². The van der Waals surface area contributed by atoms with Gasteiger partial charge in [-0.05, 0) is 73.7 Å². The van der Waals surface area contributed by atoms with Crippen LogP contribution in [0.15, 0.2) is 72.8 Å². The van der Waals surface area contributed by atoms with Crippen molar-refractivity contribution in [3.63, 3.8) is 0 Å². The Morgan fingerprint density at radius 3 is 2.30 bits per heavy atom. The van der Waals surface area contributed by atoms with Crippen LogP contribution < -0.4 is 10.6 Å². The Morgan fingerprint density at radius 2 is 1.58 bits per heavy atom. The van der Waals surface area contributed by atoms with E-state index in [1.54, 1.807) is 0 Å². The van der Waals surface area contributed by atoms with Gasteiger partial charge in [0.05, 0.1) is 0 Å². The van der Waals surface area contributed by atoms with Gasteiger partial charge in [-0.25, -0.2) is 0 Å². The lowest BCUT2D eigenvalue weighted by Crippen LogP contribution is -2.33. The van der Waals surface area contributed by atoms with Gasteiger partial charge in [0.25, 0.3) is 0 Å². The number of carbonyl (C=O) groups is 1. The molecule has 1 heterocycles. The molecule has 4 heteroatoms. The van der Waals surface area contributed by atoms with Gasteiger partial charge in [-0.1, -0.05) is 73.2 Å². The molecule has 1 aliphatic rings. The molecule has 0 bridgehead atoms. The topological polar surface area (TPSA) is 44.4 Å². The van der Waals surface area contributed by atoms with Crippen LogP contribution in [-0.4, -0.2) is 23.9 Å². The first-order valence-electron chi connectivity index (χ1n) is 12.0. The van der Waals surface area contributed by atoms with Crippen LogP contribution >= 0.6 is 0 Å². The highest BCUT2D eigenvalue weighted by Crippen LogP contribution is 2.21. The van der Waals surface area contributed by atoms with Gasteiger partial charge in [-0.3, -0.25) is 15.0 Å². The number of nitrogens with zero attached hydrogens (tertiary/aromatic N) is 1. The number of hydrogen-bond donors (Lipinski definition) is 2. The van der Waals surface area contributed by atoms with Gasteiger partial charge >= 0.3 is 0 Å². The molecule has 4 nitrogen and oxygen atoms in total. The van der Waals surface area contributed by atoms with Gasteiger partial charge in [0.1, 0.15) is 6.04 Å². The molecule has 1 amide bonds. The van der Waals surface area contributed by atoms with Crippen molar-refractivity contribution >= 4 is 11.6 Å². The quantitative estimate of drug-likeness (QED) is 0.467. The number of hydrogen-bond acceptors (Lipinski definition) is 3. The maximum Gasteiger partial charge on any atom is 0.246 e. The fourth-order valence-electron chi connectivity index (χ4n) is 4.44. The van der Waals surface area contributed by atoms with Crippen molar-refractivity contribution in [2.24, 2.45) is 0 Å². The second kappa shape index (κ2) is 11.3. The van der Waals surface area contributed by atoms with E-state index >= 15 is 0 Å². The Kier molecular flexibility index (Phi) is 7.92. The zero-order valence-electron chi connectivity index (χ0n) is 19.8. The Bertz CT molecular complexity index is 1040. The summed E-state index contributed by atoms with van der Waals surface area (Å²) in [4.78, 5) is 15.8. The summed E-state index contributed by atoms with van der Waals surface area (Å²) in [5, 5.41) is 6.62. The number of piperidine rings is 1. The van der Waals surface area contributed by atoms with Crippen LogP contribution in [-0.2, 0) is 17.9 Å². The molecule has 1 fully saturated rings. The van der Waals surface area contributed by atoms with Crippen LogP contribution in [0.25, 0.3) is 0 Å². The number of likely N-dealkylation sites (tertiary alicyclic amines) is 1. The van der Waals surface area contributed by atoms with E-state index in [0.717, 1.165) is 28.9 Å². The highest BCUT2D eigenvalue weighted by Gasteiger charge is 2.21. The van der Waals surface area contributed by atoms with Gasteiger partial charge < -0.3 is 5.32 Å². The molecule has 1 atom stereocenters. The van der Waals surface area contributed by atoms with Crippen molar-refractivity contribution in [3.05, 3.63) is 101 Å². The van der Waals surface area contributed by atoms with Crippen molar-refractivity contribution in [1.29, 1.82) is 0 Å². The fourth-order valence-corrected chi connectivity index (χ4v) is 4.44. The molecular formula is C29H35N3O. The molecule has 1 aliphatic heterocycles. The van der Waals surface area contributed by atoms with Crippen molar-refractivity contribution in [2.75, 3.05) is 18.4 Å². The average Bonchev–Trinajstić information content (AvgIpc) is 2.84. The molecular weight excluding hydrogens is 406 g/mol. The van der Waals surface area contributed by atoms with E-state index in [-0.39, 0.29) is 5.91 Å². The largest absolute Gasteiger partial charge is 0.324 e. The summed E-state index contributed by atoms with van der Waals surface area (Å²) in [5.41, 5.74) is 6.55. The second-order valence-electron chi connectivity index (χ2n) is 9.19. The minimum Gasteiger partial charge on any atom is -0.324 e. The normalized spacial score (nSPS) is 15.2. The maximum absolute atomic E-state index is 13.3. The molecule has 0 spiro atoms. The lowest BCUT2D eigenvalue weighted by atomic mass is 10.0. The molecule has 0 unspecified atom stereocenters. The summed E-state index contributed by atoms with van der Waals surface area (Å²) in [7, 11) is 0. The lowest BCUT2D eigenvalue weighted by molar-refractivity contribution is -0.118. The minimum atomic E-state index is -0.431. The Hall–Kier alpha value is -2.95. The van der Waals surface area contributed by atoms with Gasteiger partial charge in [0, 0.05) is 18.8 Å². The molecule has 3 aromatic rings. The van der Waals surface area contributed by atoms with Crippen molar-refractivity contribution in [2.45, 2.75) is 52.2 Å². The first-order chi connectivity index (χ1) is 16.1. The highest BCUT2D eigenvalue weighted by molar-refractivity contribution is 5.96. The molecule has 33 heavy (non-hydrogen) atoms. The van der Waals surface area contributed by atoms with E-state index in [1.807, 2.05) is 56.3 Å². The number of aryl methyl sites for hydroxylation is 2. The summed E-state index contributed by atoms with van der Waals surface area (Å²) in [5.74, 6) is -0.0448. The predicted molar refractivity (Wildman–Crippen MR) is 136 cm³/mol. The van der Waals surface area contributed by atoms with Crippen LogP contribution in [0.4, 0.5) is 5.69 Å². The van der Waals surface area contributed by atoms with Crippen LogP contribution in [0.5, 0.6) is 0 Å². The smallest absolute Gasteiger partial charge is 0.246 e. The fraction of sp³-hybridized carbons (Fsp3) is 0.345. The summed E-state index contributed by atoms with van der Waals surface area (Å²) in [6.07, 6.45) is 3.99. The van der Waals surface area contributed by atoms with Crippen LogP contribution in [0.3, 0.4) is 0 Å². The van der Waals surface area contributed by atoms with E-state index in [4.69, 9.17) is 0 Å². The molecule has 172 valence electrons. The second-order valence-corrected chi connectivity index (χ2v) is 9.19. The number of rotatable bonds is 8. The molecule has 3 aromatic carbocycles. The third-order valence-corrected chi connectivity index (χ3v) is 6.43. The summed E-state index contributed by atoms with van der Waals surface area (Å²) < 4.78 is 0. The zero-order chi connectivity index (χ0) is 23.0. The Morgan fingerprint density at radius 1 is 0.879 bits per heavy atom. The Labute approximate surface area is 198 Å². The van der Waals surface area contributed by atoms with Gasteiger partial charge in [0.2, 0.25) is 5.91 Å². The third-order valence-electron chi connectivity index (χ3n) is 6.43. The first kappa shape index (κ1) is 23.2. The molecule has 0 saturated carbocycles. The molecule has 0 aliphatic carbocycles.